The van der Waals surface area contributed by atoms with Crippen LogP contribution in [0.15, 0.2) is 40.6 Å². The number of para-hydroxylation sites is 1. The maximum atomic E-state index is 12.5. The number of hydrogen-bond donors (Lipinski definition) is 0. The highest BCUT2D eigenvalue weighted by Gasteiger charge is 2.23. The van der Waals surface area contributed by atoms with E-state index in [0.717, 1.165) is 10.4 Å². The van der Waals surface area contributed by atoms with Crippen LogP contribution < -0.4 is 4.74 Å². The van der Waals surface area contributed by atoms with Crippen LogP contribution in [0, 0.1) is 0 Å². The molecule has 4 nitrogen and oxygen atoms in total. The Morgan fingerprint density at radius 3 is 2.67 bits per heavy atom. The van der Waals surface area contributed by atoms with Gasteiger partial charge in [0, 0.05) is 29.4 Å². The Hall–Kier alpha value is -1.08. The molecule has 7 heteroatoms. The number of alkyl halides is 1. The Labute approximate surface area is 134 Å². The Morgan fingerprint density at radius 2 is 2.05 bits per heavy atom. The molecular weight excluding hydrogens is 330 g/mol. The second kappa shape index (κ2) is 6.79. The van der Waals surface area contributed by atoms with Gasteiger partial charge in [-0.3, -0.25) is 0 Å². The summed E-state index contributed by atoms with van der Waals surface area (Å²) >= 11 is 7.07. The van der Waals surface area contributed by atoms with Gasteiger partial charge in [-0.1, -0.05) is 18.2 Å². The predicted molar refractivity (Wildman–Crippen MR) is 85.5 cm³/mol. The summed E-state index contributed by atoms with van der Waals surface area (Å²) in [6, 6.07) is 8.98. The molecule has 0 fully saturated rings. The molecule has 0 aliphatic heterocycles. The van der Waals surface area contributed by atoms with Crippen molar-refractivity contribution in [2.75, 3.05) is 14.2 Å². The van der Waals surface area contributed by atoms with Gasteiger partial charge in [-0.25, -0.2) is 8.42 Å². The van der Waals surface area contributed by atoms with Crippen LogP contribution in [0.5, 0.6) is 5.75 Å². The highest BCUT2D eigenvalue weighted by Crippen LogP contribution is 2.26. The summed E-state index contributed by atoms with van der Waals surface area (Å²) in [7, 11) is -0.398. The third-order valence-corrected chi connectivity index (χ3v) is 6.37. The van der Waals surface area contributed by atoms with E-state index in [9.17, 15) is 8.42 Å². The van der Waals surface area contributed by atoms with Crippen LogP contribution in [0.3, 0.4) is 0 Å². The van der Waals surface area contributed by atoms with E-state index in [1.807, 2.05) is 24.3 Å². The van der Waals surface area contributed by atoms with Crippen molar-refractivity contribution in [3.63, 3.8) is 0 Å². The normalized spacial score (nSPS) is 11.8. The largest absolute Gasteiger partial charge is 0.496 e. The van der Waals surface area contributed by atoms with Crippen molar-refractivity contribution < 1.29 is 13.2 Å². The first-order valence-corrected chi connectivity index (χ1v) is 9.06. The van der Waals surface area contributed by atoms with Gasteiger partial charge in [0.2, 0.25) is 10.0 Å². The molecule has 1 heterocycles. The van der Waals surface area contributed by atoms with E-state index in [1.165, 1.54) is 15.6 Å². The standard InChI is InChI=1S/C14H16ClNO3S2/c1-16(9-11-5-3-4-6-14(11)19-2)21(17,18)13-7-12(8-15)20-10-13/h3-7,10H,8-9H2,1-2H3. The van der Waals surface area contributed by atoms with Gasteiger partial charge in [-0.2, -0.15) is 4.31 Å². The molecular formula is C14H16ClNO3S2. The number of hydrogen-bond acceptors (Lipinski definition) is 4. The smallest absolute Gasteiger partial charge is 0.243 e. The summed E-state index contributed by atoms with van der Waals surface area (Å²) in [5.41, 5.74) is 0.818. The second-order valence-electron chi connectivity index (χ2n) is 4.46. The minimum Gasteiger partial charge on any atom is -0.496 e. The zero-order valence-electron chi connectivity index (χ0n) is 11.7. The molecule has 0 radical (unpaired) electrons. The topological polar surface area (TPSA) is 46.6 Å². The molecule has 2 aromatic rings. The first kappa shape index (κ1) is 16.3. The van der Waals surface area contributed by atoms with E-state index < -0.39 is 10.0 Å². The zero-order chi connectivity index (χ0) is 15.5. The molecule has 1 aromatic carbocycles. The van der Waals surface area contributed by atoms with Crippen molar-refractivity contribution in [2.24, 2.45) is 0 Å². The highest BCUT2D eigenvalue weighted by atomic mass is 35.5. The third-order valence-electron chi connectivity index (χ3n) is 3.06. The average Bonchev–Trinajstić information content (AvgIpc) is 2.97. The first-order chi connectivity index (χ1) is 9.98. The lowest BCUT2D eigenvalue weighted by atomic mass is 10.2. The summed E-state index contributed by atoms with van der Waals surface area (Å²) in [5, 5.41) is 1.62. The minimum absolute atomic E-state index is 0.248. The van der Waals surface area contributed by atoms with E-state index >= 15 is 0 Å². The number of rotatable bonds is 6. The van der Waals surface area contributed by atoms with Crippen LogP contribution in [-0.2, 0) is 22.4 Å². The van der Waals surface area contributed by atoms with Crippen molar-refractivity contribution in [1.29, 1.82) is 0 Å². The maximum absolute atomic E-state index is 12.5. The Morgan fingerprint density at radius 1 is 1.33 bits per heavy atom. The maximum Gasteiger partial charge on any atom is 0.243 e. The van der Waals surface area contributed by atoms with Gasteiger partial charge in [0.25, 0.3) is 0 Å². The molecule has 0 N–H and O–H groups in total. The lowest BCUT2D eigenvalue weighted by Crippen LogP contribution is -2.26. The SMILES string of the molecule is COc1ccccc1CN(C)S(=O)(=O)c1csc(CCl)c1. The molecule has 0 atom stereocenters. The summed E-state index contributed by atoms with van der Waals surface area (Å²) in [6.45, 7) is 0.248. The summed E-state index contributed by atoms with van der Waals surface area (Å²) in [6.07, 6.45) is 0. The number of sulfonamides is 1. The van der Waals surface area contributed by atoms with Gasteiger partial charge in [-0.15, -0.1) is 22.9 Å². The van der Waals surface area contributed by atoms with Gasteiger partial charge < -0.3 is 4.74 Å². The van der Waals surface area contributed by atoms with Gasteiger partial charge >= 0.3 is 0 Å². The van der Waals surface area contributed by atoms with Crippen LogP contribution in [0.1, 0.15) is 10.4 Å². The van der Waals surface area contributed by atoms with Crippen LogP contribution in [-0.4, -0.2) is 26.9 Å². The average molecular weight is 346 g/mol. The van der Waals surface area contributed by atoms with Gasteiger partial charge in [0.15, 0.2) is 0 Å². The molecule has 0 bridgehead atoms. The van der Waals surface area contributed by atoms with E-state index in [1.54, 1.807) is 25.6 Å². The molecule has 0 saturated carbocycles. The predicted octanol–water partition coefficient (Wildman–Crippen LogP) is 3.32. The first-order valence-electron chi connectivity index (χ1n) is 6.20. The second-order valence-corrected chi connectivity index (χ2v) is 7.76. The molecule has 0 spiro atoms. The number of nitrogens with zero attached hydrogens (tertiary/aromatic N) is 1. The van der Waals surface area contributed by atoms with Crippen LogP contribution >= 0.6 is 22.9 Å². The quantitative estimate of drug-likeness (QED) is 0.754. The summed E-state index contributed by atoms with van der Waals surface area (Å²) in [4.78, 5) is 1.11. The van der Waals surface area contributed by atoms with Crippen molar-refractivity contribution >= 4 is 33.0 Å². The van der Waals surface area contributed by atoms with Crippen molar-refractivity contribution in [3.8, 4) is 5.75 Å². The van der Waals surface area contributed by atoms with E-state index in [4.69, 9.17) is 16.3 Å². The zero-order valence-corrected chi connectivity index (χ0v) is 14.1. The number of thiophene rings is 1. The monoisotopic (exact) mass is 345 g/mol. The van der Waals surface area contributed by atoms with Crippen molar-refractivity contribution in [1.82, 2.24) is 4.31 Å². The molecule has 21 heavy (non-hydrogen) atoms. The van der Waals surface area contributed by atoms with Crippen LogP contribution in [0.2, 0.25) is 0 Å². The Bertz CT molecular complexity index is 713. The molecule has 0 aliphatic carbocycles. The molecule has 114 valence electrons. The van der Waals surface area contributed by atoms with E-state index in [-0.39, 0.29) is 11.4 Å². The van der Waals surface area contributed by atoms with E-state index in [2.05, 4.69) is 0 Å². The lowest BCUT2D eigenvalue weighted by Gasteiger charge is -2.18. The molecule has 1 aromatic heterocycles. The third kappa shape index (κ3) is 3.58. The number of methoxy groups -OCH3 is 1. The fourth-order valence-electron chi connectivity index (χ4n) is 1.90. The van der Waals surface area contributed by atoms with Crippen LogP contribution in [0.25, 0.3) is 0 Å². The van der Waals surface area contributed by atoms with Crippen molar-refractivity contribution in [3.05, 3.63) is 46.2 Å². The lowest BCUT2D eigenvalue weighted by molar-refractivity contribution is 0.398. The Balaban J connectivity index is 2.24. The number of ether oxygens (including phenoxy) is 1. The van der Waals surface area contributed by atoms with Crippen LogP contribution in [0.4, 0.5) is 0 Å². The fraction of sp³-hybridized carbons (Fsp3) is 0.286. The summed E-state index contributed by atoms with van der Waals surface area (Å²) in [5.74, 6) is 0.988. The number of benzene rings is 1. The van der Waals surface area contributed by atoms with E-state index in [0.29, 0.717) is 11.6 Å². The molecule has 0 unspecified atom stereocenters. The molecule has 0 saturated heterocycles. The van der Waals surface area contributed by atoms with Gasteiger partial charge in [0.05, 0.1) is 17.9 Å². The van der Waals surface area contributed by atoms with Gasteiger partial charge in [-0.05, 0) is 12.1 Å². The summed E-state index contributed by atoms with van der Waals surface area (Å²) < 4.78 is 31.6. The highest BCUT2D eigenvalue weighted by molar-refractivity contribution is 7.89. The molecule has 0 aliphatic rings. The number of halogens is 1. The Kier molecular flexibility index (Phi) is 5.27. The fourth-order valence-corrected chi connectivity index (χ4v) is 4.43. The molecule has 2 rings (SSSR count). The minimum atomic E-state index is -3.52. The molecule has 0 amide bonds. The van der Waals surface area contributed by atoms with Crippen molar-refractivity contribution in [2.45, 2.75) is 17.3 Å². The van der Waals surface area contributed by atoms with Gasteiger partial charge in [0.1, 0.15) is 5.75 Å².